The smallest absolute Gasteiger partial charge is 0.350 e. The van der Waals surface area contributed by atoms with Crippen molar-refractivity contribution in [2.24, 2.45) is 5.73 Å². The first-order valence-corrected chi connectivity index (χ1v) is 7.07. The Balaban J connectivity index is 2.36. The van der Waals surface area contributed by atoms with Gasteiger partial charge < -0.3 is 10.5 Å². The molecule has 0 spiro atoms. The van der Waals surface area contributed by atoms with Crippen LogP contribution in [0.15, 0.2) is 0 Å². The number of halogens is 2. The first-order chi connectivity index (χ1) is 7.98. The van der Waals surface area contributed by atoms with Gasteiger partial charge in [0.15, 0.2) is 0 Å². The molecular formula is C9H18F2N2O3S. The van der Waals surface area contributed by atoms with Crippen LogP contribution in [-0.4, -0.2) is 50.8 Å². The molecule has 0 unspecified atom stereocenters. The van der Waals surface area contributed by atoms with E-state index in [4.69, 9.17) is 10.5 Å². The Morgan fingerprint density at radius 1 is 1.35 bits per heavy atom. The van der Waals surface area contributed by atoms with Crippen molar-refractivity contribution in [2.45, 2.75) is 31.1 Å². The van der Waals surface area contributed by atoms with Crippen LogP contribution in [0.5, 0.6) is 0 Å². The summed E-state index contributed by atoms with van der Waals surface area (Å²) in [6.07, 6.45) is 1.61. The number of sulfonamides is 1. The summed E-state index contributed by atoms with van der Waals surface area (Å²) in [5.41, 5.74) is 5.31. The molecule has 1 heterocycles. The van der Waals surface area contributed by atoms with Gasteiger partial charge in [-0.25, -0.2) is 8.42 Å². The Hall–Kier alpha value is -0.310. The number of piperidine rings is 1. The van der Waals surface area contributed by atoms with Crippen LogP contribution in [0, 0.1) is 0 Å². The molecule has 0 aliphatic carbocycles. The normalized spacial score (nSPS) is 20.0. The summed E-state index contributed by atoms with van der Waals surface area (Å²) in [5.74, 6) is -3.34. The molecule has 102 valence electrons. The van der Waals surface area contributed by atoms with Crippen LogP contribution in [0.1, 0.15) is 19.3 Å². The molecular weight excluding hydrogens is 254 g/mol. The summed E-state index contributed by atoms with van der Waals surface area (Å²) in [6, 6.07) is 0. The standard InChI is InChI=1S/C9H18F2N2O3S/c10-9(11)17(14,15)13-5-2-8(3-6-13)16-7-1-4-12/h8-9H,1-7,12H2. The van der Waals surface area contributed by atoms with Gasteiger partial charge in [0.1, 0.15) is 0 Å². The zero-order valence-electron chi connectivity index (χ0n) is 9.52. The van der Waals surface area contributed by atoms with Gasteiger partial charge >= 0.3 is 5.76 Å². The summed E-state index contributed by atoms with van der Waals surface area (Å²) in [5, 5.41) is 0. The van der Waals surface area contributed by atoms with Gasteiger partial charge in [-0.2, -0.15) is 13.1 Å². The highest BCUT2D eigenvalue weighted by atomic mass is 32.2. The molecule has 0 atom stereocenters. The molecule has 0 saturated carbocycles. The fourth-order valence-corrected chi connectivity index (χ4v) is 2.64. The molecule has 17 heavy (non-hydrogen) atoms. The van der Waals surface area contributed by atoms with Crippen molar-refractivity contribution in [1.82, 2.24) is 4.31 Å². The van der Waals surface area contributed by atoms with Crippen LogP contribution >= 0.6 is 0 Å². The predicted molar refractivity (Wildman–Crippen MR) is 59.1 cm³/mol. The van der Waals surface area contributed by atoms with Crippen molar-refractivity contribution in [1.29, 1.82) is 0 Å². The fraction of sp³-hybridized carbons (Fsp3) is 1.00. The van der Waals surface area contributed by atoms with E-state index in [1.165, 1.54) is 0 Å². The number of rotatable bonds is 6. The highest BCUT2D eigenvalue weighted by molar-refractivity contribution is 7.89. The second kappa shape index (κ2) is 6.58. The molecule has 1 fully saturated rings. The average molecular weight is 272 g/mol. The van der Waals surface area contributed by atoms with Crippen LogP contribution < -0.4 is 5.73 Å². The third-order valence-corrected chi connectivity index (χ3v) is 4.22. The summed E-state index contributed by atoms with van der Waals surface area (Å²) in [6.45, 7) is 1.27. The van der Waals surface area contributed by atoms with Gasteiger partial charge in [-0.05, 0) is 25.8 Å². The lowest BCUT2D eigenvalue weighted by atomic mass is 10.1. The van der Waals surface area contributed by atoms with Gasteiger partial charge in [0.25, 0.3) is 10.0 Å². The zero-order valence-corrected chi connectivity index (χ0v) is 10.3. The maximum absolute atomic E-state index is 12.3. The first-order valence-electron chi connectivity index (χ1n) is 5.57. The lowest BCUT2D eigenvalue weighted by molar-refractivity contribution is 0.0199. The second-order valence-electron chi connectivity index (χ2n) is 3.92. The highest BCUT2D eigenvalue weighted by Gasteiger charge is 2.34. The molecule has 1 rings (SSSR count). The number of hydrogen-bond donors (Lipinski definition) is 1. The van der Waals surface area contributed by atoms with Crippen molar-refractivity contribution in [3.63, 3.8) is 0 Å². The van der Waals surface area contributed by atoms with Gasteiger partial charge in [0, 0.05) is 19.7 Å². The Kier molecular flexibility index (Phi) is 5.71. The topological polar surface area (TPSA) is 72.6 Å². The van der Waals surface area contributed by atoms with E-state index in [1.54, 1.807) is 0 Å². The Bertz CT molecular complexity index is 316. The van der Waals surface area contributed by atoms with E-state index >= 15 is 0 Å². The van der Waals surface area contributed by atoms with E-state index in [0.717, 1.165) is 10.7 Å². The van der Waals surface area contributed by atoms with Crippen molar-refractivity contribution in [3.05, 3.63) is 0 Å². The fourth-order valence-electron chi connectivity index (χ4n) is 1.70. The van der Waals surface area contributed by atoms with Crippen molar-refractivity contribution in [3.8, 4) is 0 Å². The number of alkyl halides is 2. The van der Waals surface area contributed by atoms with Crippen molar-refractivity contribution < 1.29 is 21.9 Å². The van der Waals surface area contributed by atoms with Crippen LogP contribution in [0.2, 0.25) is 0 Å². The summed E-state index contributed by atoms with van der Waals surface area (Å²) in [7, 11) is -4.42. The molecule has 0 amide bonds. The monoisotopic (exact) mass is 272 g/mol. The summed E-state index contributed by atoms with van der Waals surface area (Å²) in [4.78, 5) is 0. The molecule has 2 N–H and O–H groups in total. The van der Waals surface area contributed by atoms with Crippen LogP contribution in [0.25, 0.3) is 0 Å². The minimum absolute atomic E-state index is 0.0503. The summed E-state index contributed by atoms with van der Waals surface area (Å²) < 4.78 is 53.2. The van der Waals surface area contributed by atoms with Gasteiger partial charge in [-0.15, -0.1) is 0 Å². The quantitative estimate of drug-likeness (QED) is 0.709. The van der Waals surface area contributed by atoms with E-state index in [2.05, 4.69) is 0 Å². The Morgan fingerprint density at radius 2 is 1.94 bits per heavy atom. The number of hydrogen-bond acceptors (Lipinski definition) is 4. The molecule has 0 aromatic heterocycles. The minimum Gasteiger partial charge on any atom is -0.378 e. The molecule has 0 radical (unpaired) electrons. The molecule has 0 bridgehead atoms. The minimum atomic E-state index is -4.42. The van der Waals surface area contributed by atoms with E-state index in [0.29, 0.717) is 26.0 Å². The van der Waals surface area contributed by atoms with E-state index in [-0.39, 0.29) is 19.2 Å². The Labute approximate surface area is 100.0 Å². The third-order valence-electron chi connectivity index (χ3n) is 2.69. The first kappa shape index (κ1) is 14.7. The average Bonchev–Trinajstić information content (AvgIpc) is 2.30. The number of nitrogens with two attached hydrogens (primary N) is 1. The predicted octanol–water partition coefficient (Wildman–Crippen LogP) is 0.369. The van der Waals surface area contributed by atoms with Gasteiger partial charge in [-0.1, -0.05) is 0 Å². The SMILES string of the molecule is NCCCOC1CCN(S(=O)(=O)C(F)F)CC1. The maximum Gasteiger partial charge on any atom is 0.350 e. The molecule has 5 nitrogen and oxygen atoms in total. The molecule has 8 heteroatoms. The lowest BCUT2D eigenvalue weighted by Crippen LogP contribution is -2.43. The van der Waals surface area contributed by atoms with Gasteiger partial charge in [0.05, 0.1) is 6.10 Å². The molecule has 1 saturated heterocycles. The Morgan fingerprint density at radius 3 is 2.41 bits per heavy atom. The van der Waals surface area contributed by atoms with Crippen LogP contribution in [0.3, 0.4) is 0 Å². The van der Waals surface area contributed by atoms with E-state index in [1.807, 2.05) is 0 Å². The summed E-state index contributed by atoms with van der Waals surface area (Å²) >= 11 is 0. The third kappa shape index (κ3) is 4.13. The van der Waals surface area contributed by atoms with Crippen LogP contribution in [-0.2, 0) is 14.8 Å². The van der Waals surface area contributed by atoms with Gasteiger partial charge in [-0.3, -0.25) is 0 Å². The number of ether oxygens (including phenoxy) is 1. The molecule has 0 aromatic carbocycles. The van der Waals surface area contributed by atoms with E-state index in [9.17, 15) is 17.2 Å². The maximum atomic E-state index is 12.3. The van der Waals surface area contributed by atoms with Crippen molar-refractivity contribution in [2.75, 3.05) is 26.2 Å². The van der Waals surface area contributed by atoms with Crippen molar-refractivity contribution >= 4 is 10.0 Å². The highest BCUT2D eigenvalue weighted by Crippen LogP contribution is 2.20. The second-order valence-corrected chi connectivity index (χ2v) is 5.82. The lowest BCUT2D eigenvalue weighted by Gasteiger charge is -2.30. The molecule has 0 aromatic rings. The van der Waals surface area contributed by atoms with E-state index < -0.39 is 15.8 Å². The molecule has 1 aliphatic heterocycles. The van der Waals surface area contributed by atoms with Gasteiger partial charge in [0.2, 0.25) is 0 Å². The largest absolute Gasteiger partial charge is 0.378 e. The zero-order chi connectivity index (χ0) is 12.9. The molecule has 1 aliphatic rings. The van der Waals surface area contributed by atoms with Crippen LogP contribution in [0.4, 0.5) is 8.78 Å². The number of nitrogens with zero attached hydrogens (tertiary/aromatic N) is 1.